The van der Waals surface area contributed by atoms with Crippen molar-refractivity contribution in [3.05, 3.63) is 29.8 Å². The minimum Gasteiger partial charge on any atom is -0.497 e. The first-order valence-corrected chi connectivity index (χ1v) is 8.79. The summed E-state index contributed by atoms with van der Waals surface area (Å²) in [6, 6.07) is 8.30. The minimum absolute atomic E-state index is 0.0615. The van der Waals surface area contributed by atoms with Gasteiger partial charge in [0.15, 0.2) is 5.96 Å². The van der Waals surface area contributed by atoms with Crippen LogP contribution in [0.5, 0.6) is 5.75 Å². The van der Waals surface area contributed by atoms with Gasteiger partial charge in [0.1, 0.15) is 5.75 Å². The lowest BCUT2D eigenvalue weighted by Gasteiger charge is -2.25. The quantitative estimate of drug-likeness (QED) is 0.595. The van der Waals surface area contributed by atoms with Crippen molar-refractivity contribution < 1.29 is 9.47 Å². The molecule has 0 saturated carbocycles. The van der Waals surface area contributed by atoms with Crippen molar-refractivity contribution in [1.82, 2.24) is 10.6 Å². The summed E-state index contributed by atoms with van der Waals surface area (Å²) in [6.07, 6.45) is 3.29. The molecule has 0 bridgehead atoms. The maximum absolute atomic E-state index is 5.80. The van der Waals surface area contributed by atoms with E-state index in [0.29, 0.717) is 5.92 Å². The molecule has 2 unspecified atom stereocenters. The van der Waals surface area contributed by atoms with Gasteiger partial charge in [-0.15, -0.1) is 0 Å². The van der Waals surface area contributed by atoms with Crippen molar-refractivity contribution in [2.75, 3.05) is 33.9 Å². The van der Waals surface area contributed by atoms with E-state index in [4.69, 9.17) is 9.47 Å². The van der Waals surface area contributed by atoms with Crippen LogP contribution in [0.4, 0.5) is 0 Å². The Balaban J connectivity index is 1.72. The third-order valence-corrected chi connectivity index (χ3v) is 4.71. The molecule has 0 aromatic heterocycles. The van der Waals surface area contributed by atoms with Crippen LogP contribution in [-0.2, 0) is 4.74 Å². The van der Waals surface area contributed by atoms with Crippen LogP contribution < -0.4 is 15.4 Å². The van der Waals surface area contributed by atoms with E-state index in [1.807, 2.05) is 12.1 Å². The molecule has 2 rings (SSSR count). The van der Waals surface area contributed by atoms with Crippen molar-refractivity contribution >= 4 is 5.96 Å². The Kier molecular flexibility index (Phi) is 6.91. The minimum atomic E-state index is -0.0615. The lowest BCUT2D eigenvalue weighted by molar-refractivity contribution is 0.0243. The van der Waals surface area contributed by atoms with Crippen molar-refractivity contribution in [3.8, 4) is 5.75 Å². The second-order valence-electron chi connectivity index (χ2n) is 6.72. The highest BCUT2D eigenvalue weighted by Crippen LogP contribution is 2.24. The molecule has 1 aromatic rings. The molecule has 2 atom stereocenters. The fraction of sp³-hybridized carbons (Fsp3) is 0.632. The Morgan fingerprint density at radius 3 is 2.67 bits per heavy atom. The molecule has 1 saturated heterocycles. The Labute approximate surface area is 145 Å². The number of aliphatic imine (C=N–C) groups is 1. The molecule has 2 N–H and O–H groups in total. The maximum atomic E-state index is 5.80. The molecular formula is C19H31N3O2. The second-order valence-corrected chi connectivity index (χ2v) is 6.72. The third-order valence-electron chi connectivity index (χ3n) is 4.71. The average molecular weight is 333 g/mol. The van der Waals surface area contributed by atoms with Crippen LogP contribution in [0, 0.1) is 0 Å². The van der Waals surface area contributed by atoms with Gasteiger partial charge >= 0.3 is 0 Å². The summed E-state index contributed by atoms with van der Waals surface area (Å²) >= 11 is 0. The van der Waals surface area contributed by atoms with E-state index in [1.54, 1.807) is 14.2 Å². The number of hydrogen-bond donors (Lipinski definition) is 2. The zero-order valence-electron chi connectivity index (χ0n) is 15.4. The molecule has 0 aliphatic carbocycles. The number of benzene rings is 1. The molecular weight excluding hydrogens is 302 g/mol. The summed E-state index contributed by atoms with van der Waals surface area (Å²) in [6.45, 7) is 6.94. The van der Waals surface area contributed by atoms with Crippen LogP contribution in [0.1, 0.15) is 44.6 Å². The molecule has 24 heavy (non-hydrogen) atoms. The molecule has 1 fully saturated rings. The van der Waals surface area contributed by atoms with E-state index in [9.17, 15) is 0 Å². The summed E-state index contributed by atoms with van der Waals surface area (Å²) in [7, 11) is 3.50. The number of methoxy groups -OCH3 is 1. The predicted molar refractivity (Wildman–Crippen MR) is 99.0 cm³/mol. The van der Waals surface area contributed by atoms with E-state index in [-0.39, 0.29) is 5.60 Å². The van der Waals surface area contributed by atoms with Gasteiger partial charge in [0.2, 0.25) is 0 Å². The Hall–Kier alpha value is -1.75. The SMILES string of the molecule is CN=C(NCCC(C)c1ccc(OC)cc1)NCC1(C)CCCO1. The molecule has 1 aromatic carbocycles. The fourth-order valence-electron chi connectivity index (χ4n) is 2.97. The lowest BCUT2D eigenvalue weighted by atomic mass is 9.98. The van der Waals surface area contributed by atoms with Gasteiger partial charge in [-0.3, -0.25) is 4.99 Å². The first-order valence-electron chi connectivity index (χ1n) is 8.79. The third kappa shape index (κ3) is 5.41. The molecule has 1 aliphatic heterocycles. The molecule has 0 spiro atoms. The predicted octanol–water partition coefficient (Wildman–Crippen LogP) is 2.92. The highest BCUT2D eigenvalue weighted by Gasteiger charge is 2.29. The smallest absolute Gasteiger partial charge is 0.191 e. The summed E-state index contributed by atoms with van der Waals surface area (Å²) in [5.74, 6) is 2.22. The second kappa shape index (κ2) is 8.92. The van der Waals surface area contributed by atoms with Gasteiger partial charge in [0, 0.05) is 26.7 Å². The number of nitrogens with zero attached hydrogens (tertiary/aromatic N) is 1. The van der Waals surface area contributed by atoms with Gasteiger partial charge in [-0.05, 0) is 49.8 Å². The number of rotatable bonds is 7. The standard InChI is InChI=1S/C19H31N3O2/c1-15(16-6-8-17(23-4)9-7-16)10-12-21-18(20-3)22-14-19(2)11-5-13-24-19/h6-9,15H,5,10-14H2,1-4H3,(H2,20,21,22). The Morgan fingerprint density at radius 1 is 1.33 bits per heavy atom. The van der Waals surface area contributed by atoms with Gasteiger partial charge < -0.3 is 20.1 Å². The highest BCUT2D eigenvalue weighted by atomic mass is 16.5. The molecule has 5 heteroatoms. The zero-order chi connectivity index (χ0) is 17.4. The molecule has 134 valence electrons. The number of hydrogen-bond acceptors (Lipinski definition) is 3. The van der Waals surface area contributed by atoms with Crippen LogP contribution in [0.3, 0.4) is 0 Å². The van der Waals surface area contributed by atoms with Crippen molar-refractivity contribution in [1.29, 1.82) is 0 Å². The van der Waals surface area contributed by atoms with Crippen molar-refractivity contribution in [2.45, 2.75) is 44.6 Å². The Bertz CT molecular complexity index is 522. The monoisotopic (exact) mass is 333 g/mol. The molecule has 5 nitrogen and oxygen atoms in total. The van der Waals surface area contributed by atoms with Gasteiger partial charge in [0.05, 0.1) is 12.7 Å². The highest BCUT2D eigenvalue weighted by molar-refractivity contribution is 5.79. The first kappa shape index (κ1) is 18.6. The topological polar surface area (TPSA) is 54.9 Å². The fourth-order valence-corrected chi connectivity index (χ4v) is 2.97. The van der Waals surface area contributed by atoms with Gasteiger partial charge in [-0.2, -0.15) is 0 Å². The zero-order valence-corrected chi connectivity index (χ0v) is 15.4. The van der Waals surface area contributed by atoms with Gasteiger partial charge in [-0.25, -0.2) is 0 Å². The number of nitrogens with one attached hydrogen (secondary N) is 2. The van der Waals surface area contributed by atoms with E-state index < -0.39 is 0 Å². The molecule has 1 aliphatic rings. The van der Waals surface area contributed by atoms with Crippen LogP contribution in [-0.4, -0.2) is 45.4 Å². The molecule has 0 radical (unpaired) electrons. The average Bonchev–Trinajstić information content (AvgIpc) is 3.04. The maximum Gasteiger partial charge on any atom is 0.191 e. The molecule has 0 amide bonds. The van der Waals surface area contributed by atoms with Crippen LogP contribution in [0.2, 0.25) is 0 Å². The first-order chi connectivity index (χ1) is 11.6. The summed E-state index contributed by atoms with van der Waals surface area (Å²) in [5.41, 5.74) is 1.26. The van der Waals surface area contributed by atoms with E-state index in [0.717, 1.165) is 50.7 Å². The van der Waals surface area contributed by atoms with Crippen molar-refractivity contribution in [3.63, 3.8) is 0 Å². The van der Waals surface area contributed by atoms with E-state index >= 15 is 0 Å². The van der Waals surface area contributed by atoms with Gasteiger partial charge in [-0.1, -0.05) is 19.1 Å². The number of guanidine groups is 1. The van der Waals surface area contributed by atoms with Crippen LogP contribution >= 0.6 is 0 Å². The molecule has 1 heterocycles. The lowest BCUT2D eigenvalue weighted by Crippen LogP contribution is -2.45. The normalized spacial score (nSPS) is 22.2. The van der Waals surface area contributed by atoms with Crippen LogP contribution in [0.15, 0.2) is 29.3 Å². The van der Waals surface area contributed by atoms with Crippen molar-refractivity contribution in [2.24, 2.45) is 4.99 Å². The van der Waals surface area contributed by atoms with Gasteiger partial charge in [0.25, 0.3) is 0 Å². The summed E-state index contributed by atoms with van der Waals surface area (Å²) in [4.78, 5) is 4.29. The van der Waals surface area contributed by atoms with E-state index in [1.165, 1.54) is 5.56 Å². The summed E-state index contributed by atoms with van der Waals surface area (Å²) in [5, 5.41) is 6.77. The number of ether oxygens (including phenoxy) is 2. The van der Waals surface area contributed by atoms with Crippen LogP contribution in [0.25, 0.3) is 0 Å². The summed E-state index contributed by atoms with van der Waals surface area (Å²) < 4.78 is 11.0. The largest absolute Gasteiger partial charge is 0.497 e. The van der Waals surface area contributed by atoms with E-state index in [2.05, 4.69) is 41.6 Å². The Morgan fingerprint density at radius 2 is 2.08 bits per heavy atom.